The fourth-order valence-electron chi connectivity index (χ4n) is 3.09. The SMILES string of the molecule is COc1ccc(C(=O)/C=C(/Nc2ccc(C)cc2)N2CCCCC2)cc1. The number of likely N-dealkylation sites (tertiary alicyclic amines) is 1. The third-order valence-corrected chi connectivity index (χ3v) is 4.66. The minimum absolute atomic E-state index is 0.00663. The van der Waals surface area contributed by atoms with E-state index in [9.17, 15) is 4.79 Å². The van der Waals surface area contributed by atoms with Gasteiger partial charge in [-0.3, -0.25) is 4.79 Å². The molecule has 0 radical (unpaired) electrons. The number of allylic oxidation sites excluding steroid dienone is 1. The second kappa shape index (κ2) is 8.56. The average Bonchev–Trinajstić information content (AvgIpc) is 2.70. The number of hydrogen-bond donors (Lipinski definition) is 1. The molecule has 0 spiro atoms. The zero-order chi connectivity index (χ0) is 18.4. The summed E-state index contributed by atoms with van der Waals surface area (Å²) in [5.41, 5.74) is 2.87. The summed E-state index contributed by atoms with van der Waals surface area (Å²) in [4.78, 5) is 15.0. The Bertz CT molecular complexity index is 758. The van der Waals surface area contributed by atoms with E-state index >= 15 is 0 Å². The Labute approximate surface area is 155 Å². The zero-order valence-electron chi connectivity index (χ0n) is 15.5. The van der Waals surface area contributed by atoms with Crippen molar-refractivity contribution in [2.45, 2.75) is 26.2 Å². The number of rotatable bonds is 6. The quantitative estimate of drug-likeness (QED) is 0.609. The first-order valence-corrected chi connectivity index (χ1v) is 9.14. The summed E-state index contributed by atoms with van der Waals surface area (Å²) in [6.45, 7) is 4.01. The molecule has 0 bridgehead atoms. The Morgan fingerprint density at radius 3 is 2.27 bits per heavy atom. The molecule has 3 rings (SSSR count). The molecule has 0 amide bonds. The monoisotopic (exact) mass is 350 g/mol. The van der Waals surface area contributed by atoms with Gasteiger partial charge in [-0.1, -0.05) is 17.7 Å². The topological polar surface area (TPSA) is 41.6 Å². The number of carbonyl (C=O) groups excluding carboxylic acids is 1. The highest BCUT2D eigenvalue weighted by molar-refractivity contribution is 6.05. The van der Waals surface area contributed by atoms with Crippen molar-refractivity contribution in [1.82, 2.24) is 4.90 Å². The van der Waals surface area contributed by atoms with E-state index in [1.807, 2.05) is 24.3 Å². The van der Waals surface area contributed by atoms with Crippen molar-refractivity contribution in [2.75, 3.05) is 25.5 Å². The van der Waals surface area contributed by atoms with Gasteiger partial charge in [-0.05, 0) is 62.6 Å². The van der Waals surface area contributed by atoms with Crippen LogP contribution >= 0.6 is 0 Å². The Kier molecular flexibility index (Phi) is 5.95. The summed E-state index contributed by atoms with van der Waals surface area (Å²) < 4.78 is 5.17. The maximum atomic E-state index is 12.8. The average molecular weight is 350 g/mol. The van der Waals surface area contributed by atoms with E-state index in [-0.39, 0.29) is 5.78 Å². The molecule has 136 valence electrons. The minimum atomic E-state index is -0.00663. The second-order valence-electron chi connectivity index (χ2n) is 6.66. The number of nitrogens with one attached hydrogen (secondary N) is 1. The fourth-order valence-corrected chi connectivity index (χ4v) is 3.09. The maximum absolute atomic E-state index is 12.8. The van der Waals surface area contributed by atoms with Crippen LogP contribution in [0, 0.1) is 6.92 Å². The highest BCUT2D eigenvalue weighted by atomic mass is 16.5. The fraction of sp³-hybridized carbons (Fsp3) is 0.318. The summed E-state index contributed by atoms with van der Waals surface area (Å²) in [7, 11) is 1.62. The van der Waals surface area contributed by atoms with Crippen molar-refractivity contribution in [3.63, 3.8) is 0 Å². The first-order chi connectivity index (χ1) is 12.7. The van der Waals surface area contributed by atoms with Crippen LogP contribution in [0.3, 0.4) is 0 Å². The van der Waals surface area contributed by atoms with Crippen molar-refractivity contribution in [1.29, 1.82) is 0 Å². The zero-order valence-corrected chi connectivity index (χ0v) is 15.5. The van der Waals surface area contributed by atoms with Crippen LogP contribution in [0.5, 0.6) is 5.75 Å². The van der Waals surface area contributed by atoms with Gasteiger partial charge >= 0.3 is 0 Å². The molecule has 1 heterocycles. The molecule has 1 saturated heterocycles. The van der Waals surface area contributed by atoms with Crippen LogP contribution in [0.2, 0.25) is 0 Å². The van der Waals surface area contributed by atoms with E-state index in [1.165, 1.54) is 12.0 Å². The van der Waals surface area contributed by atoms with Gasteiger partial charge < -0.3 is 15.0 Å². The number of aryl methyl sites for hydroxylation is 1. The molecule has 26 heavy (non-hydrogen) atoms. The summed E-state index contributed by atoms with van der Waals surface area (Å²) >= 11 is 0. The van der Waals surface area contributed by atoms with Crippen LogP contribution in [0.25, 0.3) is 0 Å². The molecular weight excluding hydrogens is 324 g/mol. The number of anilines is 1. The molecule has 0 aliphatic carbocycles. The van der Waals surface area contributed by atoms with E-state index < -0.39 is 0 Å². The molecule has 1 fully saturated rings. The summed E-state index contributed by atoms with van der Waals surface area (Å²) in [6, 6.07) is 15.5. The van der Waals surface area contributed by atoms with Gasteiger partial charge in [0.05, 0.1) is 7.11 Å². The van der Waals surface area contributed by atoms with Crippen molar-refractivity contribution >= 4 is 11.5 Å². The van der Waals surface area contributed by atoms with Crippen LogP contribution in [0.15, 0.2) is 60.4 Å². The Balaban J connectivity index is 1.83. The van der Waals surface area contributed by atoms with Crippen molar-refractivity contribution in [3.8, 4) is 5.75 Å². The molecule has 0 atom stereocenters. The van der Waals surface area contributed by atoms with Gasteiger partial charge in [0.25, 0.3) is 0 Å². The summed E-state index contributed by atoms with van der Waals surface area (Å²) in [5.74, 6) is 1.61. The first-order valence-electron chi connectivity index (χ1n) is 9.14. The number of ketones is 1. The van der Waals surface area contributed by atoms with Gasteiger partial charge in [-0.2, -0.15) is 0 Å². The van der Waals surface area contributed by atoms with Gasteiger partial charge in [0.1, 0.15) is 11.6 Å². The third-order valence-electron chi connectivity index (χ3n) is 4.66. The van der Waals surface area contributed by atoms with Crippen LogP contribution < -0.4 is 10.1 Å². The van der Waals surface area contributed by atoms with Gasteiger partial charge in [0.15, 0.2) is 5.78 Å². The molecule has 4 heteroatoms. The van der Waals surface area contributed by atoms with E-state index in [0.29, 0.717) is 5.56 Å². The first kappa shape index (κ1) is 18.1. The van der Waals surface area contributed by atoms with Gasteiger partial charge in [-0.15, -0.1) is 0 Å². The van der Waals surface area contributed by atoms with Crippen LogP contribution in [-0.2, 0) is 0 Å². The van der Waals surface area contributed by atoms with Crippen LogP contribution in [0.4, 0.5) is 5.69 Å². The number of ether oxygens (including phenoxy) is 1. The number of methoxy groups -OCH3 is 1. The molecule has 1 aliphatic rings. The molecule has 2 aromatic carbocycles. The third kappa shape index (κ3) is 4.66. The lowest BCUT2D eigenvalue weighted by molar-refractivity contribution is 0.104. The van der Waals surface area contributed by atoms with Gasteiger partial charge in [0, 0.05) is 30.4 Å². The van der Waals surface area contributed by atoms with E-state index in [0.717, 1.165) is 43.2 Å². The Morgan fingerprint density at radius 2 is 1.65 bits per heavy atom. The van der Waals surface area contributed by atoms with Crippen LogP contribution in [0.1, 0.15) is 35.2 Å². The molecule has 2 aromatic rings. The normalized spacial score (nSPS) is 14.8. The molecular formula is C22H26N2O2. The number of carbonyl (C=O) groups is 1. The standard InChI is InChI=1S/C22H26N2O2/c1-17-6-10-19(11-7-17)23-22(24-14-4-3-5-15-24)16-21(25)18-8-12-20(26-2)13-9-18/h6-13,16,23H,3-5,14-15H2,1-2H3/b22-16-. The number of nitrogens with zero attached hydrogens (tertiary/aromatic N) is 1. The highest BCUT2D eigenvalue weighted by Gasteiger charge is 2.16. The number of piperidine rings is 1. The Morgan fingerprint density at radius 1 is 1.00 bits per heavy atom. The van der Waals surface area contributed by atoms with Crippen molar-refractivity contribution in [2.24, 2.45) is 0 Å². The van der Waals surface area contributed by atoms with E-state index in [4.69, 9.17) is 4.74 Å². The smallest absolute Gasteiger partial charge is 0.189 e. The highest BCUT2D eigenvalue weighted by Crippen LogP contribution is 2.20. The molecule has 0 saturated carbocycles. The van der Waals surface area contributed by atoms with E-state index in [1.54, 1.807) is 25.3 Å². The second-order valence-corrected chi connectivity index (χ2v) is 6.66. The molecule has 0 unspecified atom stereocenters. The van der Waals surface area contributed by atoms with E-state index in [2.05, 4.69) is 29.3 Å². The predicted molar refractivity (Wildman–Crippen MR) is 106 cm³/mol. The maximum Gasteiger partial charge on any atom is 0.189 e. The van der Waals surface area contributed by atoms with Crippen molar-refractivity contribution in [3.05, 3.63) is 71.6 Å². The largest absolute Gasteiger partial charge is 0.497 e. The predicted octanol–water partition coefficient (Wildman–Crippen LogP) is 4.63. The van der Waals surface area contributed by atoms with Gasteiger partial charge in [0.2, 0.25) is 0 Å². The van der Waals surface area contributed by atoms with Gasteiger partial charge in [-0.25, -0.2) is 0 Å². The minimum Gasteiger partial charge on any atom is -0.497 e. The Hall–Kier alpha value is -2.75. The molecule has 1 N–H and O–H groups in total. The molecule has 4 nitrogen and oxygen atoms in total. The van der Waals surface area contributed by atoms with Crippen LogP contribution in [-0.4, -0.2) is 30.9 Å². The summed E-state index contributed by atoms with van der Waals surface area (Å²) in [5, 5.41) is 3.44. The molecule has 1 aliphatic heterocycles. The summed E-state index contributed by atoms with van der Waals surface area (Å²) in [6.07, 6.45) is 5.28. The number of benzene rings is 2. The number of hydrogen-bond acceptors (Lipinski definition) is 4. The lowest BCUT2D eigenvalue weighted by Crippen LogP contribution is -2.32. The lowest BCUT2D eigenvalue weighted by atomic mass is 10.1. The molecule has 0 aromatic heterocycles. The lowest BCUT2D eigenvalue weighted by Gasteiger charge is -2.31. The van der Waals surface area contributed by atoms with Crippen molar-refractivity contribution < 1.29 is 9.53 Å².